The molecular formula is C16H17Cl2FN2O2S. The molecule has 2 aromatic carbocycles. The number of halogens is 3. The van der Waals surface area contributed by atoms with E-state index in [1.807, 2.05) is 0 Å². The summed E-state index contributed by atoms with van der Waals surface area (Å²) in [7, 11) is -3.53. The monoisotopic (exact) mass is 390 g/mol. The highest BCUT2D eigenvalue weighted by Crippen LogP contribution is 2.19. The molecule has 0 unspecified atom stereocenters. The van der Waals surface area contributed by atoms with E-state index in [-0.39, 0.29) is 23.1 Å². The standard InChI is InChI=1S/C16H16ClFN2O2S.ClH/c17-13-5-7-14(8-6-13)23(21,22)20-11-9-19(10-12-20)16-4-2-1-3-15(16)18;/h1-8H,9-12H2;1H. The van der Waals surface area contributed by atoms with Crippen molar-refractivity contribution in [3.63, 3.8) is 0 Å². The lowest BCUT2D eigenvalue weighted by molar-refractivity contribution is -0.838. The largest absolute Gasteiger partial charge is 1.00 e. The van der Waals surface area contributed by atoms with E-state index in [1.165, 1.54) is 22.5 Å². The smallest absolute Gasteiger partial charge is 0.243 e. The zero-order valence-corrected chi connectivity index (χ0v) is 15.1. The third-order valence-electron chi connectivity index (χ3n) is 4.03. The Bertz CT molecular complexity index is 792. The molecule has 1 saturated heterocycles. The predicted molar refractivity (Wildman–Crippen MR) is 87.0 cm³/mol. The maximum Gasteiger partial charge on any atom is 0.243 e. The molecule has 2 aromatic rings. The van der Waals surface area contributed by atoms with Gasteiger partial charge >= 0.3 is 0 Å². The van der Waals surface area contributed by atoms with Crippen LogP contribution in [0.3, 0.4) is 0 Å². The highest BCUT2D eigenvalue weighted by Gasteiger charge is 2.31. The maximum atomic E-state index is 13.8. The van der Waals surface area contributed by atoms with Gasteiger partial charge in [-0.3, -0.25) is 4.90 Å². The van der Waals surface area contributed by atoms with E-state index >= 15 is 0 Å². The molecule has 130 valence electrons. The summed E-state index contributed by atoms with van der Waals surface area (Å²) in [4.78, 5) is 1.20. The Morgan fingerprint density at radius 2 is 1.58 bits per heavy atom. The average Bonchev–Trinajstić information content (AvgIpc) is 2.56. The molecule has 24 heavy (non-hydrogen) atoms. The molecule has 1 aliphatic heterocycles. The molecule has 1 heterocycles. The topological polar surface area (TPSA) is 41.8 Å². The van der Waals surface area contributed by atoms with Crippen LogP contribution in [0.25, 0.3) is 0 Å². The highest BCUT2D eigenvalue weighted by atomic mass is 35.5. The number of hydrogen-bond donors (Lipinski definition) is 1. The van der Waals surface area contributed by atoms with Gasteiger partial charge in [0.2, 0.25) is 10.0 Å². The Morgan fingerprint density at radius 3 is 2.17 bits per heavy atom. The van der Waals surface area contributed by atoms with Crippen molar-refractivity contribution in [2.75, 3.05) is 26.2 Å². The molecular weight excluding hydrogens is 374 g/mol. The van der Waals surface area contributed by atoms with E-state index < -0.39 is 10.0 Å². The number of rotatable bonds is 3. The van der Waals surface area contributed by atoms with Crippen LogP contribution in [0.5, 0.6) is 0 Å². The van der Waals surface area contributed by atoms with Crippen molar-refractivity contribution in [2.45, 2.75) is 4.90 Å². The van der Waals surface area contributed by atoms with Gasteiger partial charge in [-0.1, -0.05) is 23.7 Å². The second-order valence-corrected chi connectivity index (χ2v) is 7.82. The van der Waals surface area contributed by atoms with Crippen LogP contribution in [-0.2, 0) is 10.0 Å². The van der Waals surface area contributed by atoms with E-state index in [0.29, 0.717) is 36.9 Å². The summed E-state index contributed by atoms with van der Waals surface area (Å²) in [6.07, 6.45) is 0. The maximum absolute atomic E-state index is 13.8. The van der Waals surface area contributed by atoms with Crippen LogP contribution in [0.4, 0.5) is 10.1 Å². The predicted octanol–water partition coefficient (Wildman–Crippen LogP) is -1.30. The summed E-state index contributed by atoms with van der Waals surface area (Å²) >= 11 is 5.80. The third-order valence-corrected chi connectivity index (χ3v) is 6.20. The van der Waals surface area contributed by atoms with Crippen molar-refractivity contribution in [1.29, 1.82) is 0 Å². The molecule has 0 aliphatic carbocycles. The first-order chi connectivity index (χ1) is 11.0. The van der Waals surface area contributed by atoms with Gasteiger partial charge in [-0.25, -0.2) is 12.8 Å². The van der Waals surface area contributed by atoms with Crippen LogP contribution >= 0.6 is 11.6 Å². The zero-order valence-electron chi connectivity index (χ0n) is 12.8. The van der Waals surface area contributed by atoms with Crippen LogP contribution in [0.15, 0.2) is 53.4 Å². The fraction of sp³-hybridized carbons (Fsp3) is 0.250. The van der Waals surface area contributed by atoms with Gasteiger partial charge < -0.3 is 12.4 Å². The Labute approximate surface area is 152 Å². The van der Waals surface area contributed by atoms with Crippen molar-refractivity contribution >= 4 is 27.3 Å². The number of nitrogens with one attached hydrogen (secondary N) is 1. The Morgan fingerprint density at radius 1 is 1.00 bits per heavy atom. The Balaban J connectivity index is 0.00000208. The SMILES string of the molecule is O=S(=O)(c1ccc(Cl)cc1)N1CC[NH+](c2ccccc2F)CC1.[Cl-]. The van der Waals surface area contributed by atoms with Crippen LogP contribution in [0, 0.1) is 5.82 Å². The molecule has 4 nitrogen and oxygen atoms in total. The van der Waals surface area contributed by atoms with E-state index in [4.69, 9.17) is 11.6 Å². The zero-order chi connectivity index (χ0) is 16.4. The summed E-state index contributed by atoms with van der Waals surface area (Å²) in [5.74, 6) is -0.253. The van der Waals surface area contributed by atoms with Crippen LogP contribution in [-0.4, -0.2) is 38.9 Å². The molecule has 0 radical (unpaired) electrons. The lowest BCUT2D eigenvalue weighted by Crippen LogP contribution is -3.10. The number of nitrogens with zero attached hydrogens (tertiary/aromatic N) is 1. The van der Waals surface area contributed by atoms with Gasteiger partial charge in [0, 0.05) is 11.1 Å². The molecule has 1 N–H and O–H groups in total. The van der Waals surface area contributed by atoms with Gasteiger partial charge in [0.15, 0.2) is 11.5 Å². The third kappa shape index (κ3) is 3.90. The van der Waals surface area contributed by atoms with Crippen LogP contribution in [0.1, 0.15) is 0 Å². The molecule has 1 fully saturated rings. The average molecular weight is 391 g/mol. The quantitative estimate of drug-likeness (QED) is 0.707. The Hall–Kier alpha value is -1.18. The lowest BCUT2D eigenvalue weighted by atomic mass is 10.2. The summed E-state index contributed by atoms with van der Waals surface area (Å²) in [6.45, 7) is 1.78. The minimum absolute atomic E-state index is 0. The first-order valence-corrected chi connectivity index (χ1v) is 9.15. The van der Waals surface area contributed by atoms with Crippen molar-refractivity contribution in [3.05, 3.63) is 59.4 Å². The summed E-state index contributed by atoms with van der Waals surface area (Å²) in [6, 6.07) is 12.8. The minimum atomic E-state index is -3.53. The lowest BCUT2D eigenvalue weighted by Gasteiger charge is -2.31. The van der Waals surface area contributed by atoms with Crippen molar-refractivity contribution in [2.24, 2.45) is 0 Å². The summed E-state index contributed by atoms with van der Waals surface area (Å²) in [5, 5.41) is 0.498. The Kier molecular flexibility index (Phi) is 6.22. The summed E-state index contributed by atoms with van der Waals surface area (Å²) < 4.78 is 40.5. The van der Waals surface area contributed by atoms with Gasteiger partial charge in [0.05, 0.1) is 31.1 Å². The fourth-order valence-corrected chi connectivity index (χ4v) is 4.34. The van der Waals surface area contributed by atoms with Crippen molar-refractivity contribution in [1.82, 2.24) is 4.31 Å². The first kappa shape index (κ1) is 19.1. The van der Waals surface area contributed by atoms with Crippen molar-refractivity contribution in [3.8, 4) is 0 Å². The number of hydrogen-bond acceptors (Lipinski definition) is 2. The molecule has 1 aliphatic rings. The molecule has 0 saturated carbocycles. The fourth-order valence-electron chi connectivity index (χ4n) is 2.77. The molecule has 0 aromatic heterocycles. The van der Waals surface area contributed by atoms with Crippen LogP contribution in [0.2, 0.25) is 5.02 Å². The number of sulfonamides is 1. The summed E-state index contributed by atoms with van der Waals surface area (Å²) in [5.41, 5.74) is 0.594. The van der Waals surface area contributed by atoms with Gasteiger partial charge in [0.1, 0.15) is 0 Å². The highest BCUT2D eigenvalue weighted by molar-refractivity contribution is 7.89. The molecule has 0 spiro atoms. The number of para-hydroxylation sites is 1. The number of benzene rings is 2. The van der Waals surface area contributed by atoms with E-state index in [1.54, 1.807) is 30.3 Å². The number of piperazine rings is 1. The molecule has 0 atom stereocenters. The van der Waals surface area contributed by atoms with E-state index in [0.717, 1.165) is 4.90 Å². The molecule has 3 rings (SSSR count). The normalized spacial score (nSPS) is 16.6. The second kappa shape index (κ2) is 7.80. The van der Waals surface area contributed by atoms with Gasteiger partial charge in [-0.2, -0.15) is 4.31 Å². The van der Waals surface area contributed by atoms with E-state index in [9.17, 15) is 12.8 Å². The first-order valence-electron chi connectivity index (χ1n) is 7.34. The molecule has 8 heteroatoms. The second-order valence-electron chi connectivity index (χ2n) is 5.44. The van der Waals surface area contributed by atoms with Gasteiger partial charge in [-0.05, 0) is 30.3 Å². The van der Waals surface area contributed by atoms with Gasteiger partial charge in [-0.15, -0.1) is 0 Å². The van der Waals surface area contributed by atoms with Crippen molar-refractivity contribution < 1.29 is 30.1 Å². The minimum Gasteiger partial charge on any atom is -1.00 e. The number of quaternary nitrogens is 1. The molecule has 0 amide bonds. The van der Waals surface area contributed by atoms with Crippen LogP contribution < -0.4 is 17.3 Å². The van der Waals surface area contributed by atoms with E-state index in [2.05, 4.69) is 0 Å². The molecule has 0 bridgehead atoms. The van der Waals surface area contributed by atoms with Gasteiger partial charge in [0.25, 0.3) is 0 Å².